The standard InChI is InChI=1S/C15H19N3O/c1-10(16-3)8-18-15(19)13-9-17-14-7-5-4-6-12(14)11(13)2/h4-7,9-10,16H,8H2,1-3H3,(H,18,19). The first kappa shape index (κ1) is 13.5. The van der Waals surface area contributed by atoms with Crippen LogP contribution in [0.1, 0.15) is 22.8 Å². The van der Waals surface area contributed by atoms with E-state index in [9.17, 15) is 4.79 Å². The number of rotatable bonds is 4. The van der Waals surface area contributed by atoms with E-state index in [1.807, 2.05) is 45.2 Å². The summed E-state index contributed by atoms with van der Waals surface area (Å²) in [6, 6.07) is 8.10. The SMILES string of the molecule is CNC(C)CNC(=O)c1cnc2ccccc2c1C. The fourth-order valence-electron chi connectivity index (χ4n) is 1.95. The van der Waals surface area contributed by atoms with Gasteiger partial charge < -0.3 is 10.6 Å². The lowest BCUT2D eigenvalue weighted by atomic mass is 10.0. The molecule has 0 bridgehead atoms. The number of fused-ring (bicyclic) bond motifs is 1. The zero-order chi connectivity index (χ0) is 13.8. The first-order valence-electron chi connectivity index (χ1n) is 6.43. The van der Waals surface area contributed by atoms with Gasteiger partial charge in [-0.15, -0.1) is 0 Å². The van der Waals surface area contributed by atoms with Gasteiger partial charge in [0.15, 0.2) is 0 Å². The fourth-order valence-corrected chi connectivity index (χ4v) is 1.95. The summed E-state index contributed by atoms with van der Waals surface area (Å²) in [4.78, 5) is 16.5. The Bertz CT molecular complexity index is 595. The molecule has 1 amide bonds. The van der Waals surface area contributed by atoms with Gasteiger partial charge in [0.1, 0.15) is 0 Å². The molecule has 0 aliphatic heterocycles. The van der Waals surface area contributed by atoms with Crippen molar-refractivity contribution in [2.24, 2.45) is 0 Å². The number of hydrogen-bond donors (Lipinski definition) is 2. The number of likely N-dealkylation sites (N-methyl/N-ethyl adjacent to an activating group) is 1. The summed E-state index contributed by atoms with van der Waals surface area (Å²) in [7, 11) is 1.87. The summed E-state index contributed by atoms with van der Waals surface area (Å²) < 4.78 is 0. The summed E-state index contributed by atoms with van der Waals surface area (Å²) in [6.07, 6.45) is 1.65. The van der Waals surface area contributed by atoms with Crippen molar-refractivity contribution >= 4 is 16.8 Å². The number of para-hydroxylation sites is 1. The third-order valence-electron chi connectivity index (χ3n) is 3.35. The predicted molar refractivity (Wildman–Crippen MR) is 77.3 cm³/mol. The zero-order valence-electron chi connectivity index (χ0n) is 11.5. The highest BCUT2D eigenvalue weighted by Gasteiger charge is 2.12. The maximum atomic E-state index is 12.2. The molecule has 0 aliphatic rings. The highest BCUT2D eigenvalue weighted by Crippen LogP contribution is 2.19. The Morgan fingerprint density at radius 3 is 2.84 bits per heavy atom. The summed E-state index contributed by atoms with van der Waals surface area (Å²) in [5.41, 5.74) is 2.53. The highest BCUT2D eigenvalue weighted by molar-refractivity contribution is 5.99. The molecule has 2 N–H and O–H groups in total. The van der Waals surface area contributed by atoms with Crippen LogP contribution in [0.5, 0.6) is 0 Å². The van der Waals surface area contributed by atoms with Crippen molar-refractivity contribution in [1.82, 2.24) is 15.6 Å². The number of hydrogen-bond acceptors (Lipinski definition) is 3. The van der Waals surface area contributed by atoms with Crippen molar-refractivity contribution in [3.63, 3.8) is 0 Å². The molecular weight excluding hydrogens is 238 g/mol. The molecule has 1 unspecified atom stereocenters. The molecule has 0 saturated carbocycles. The van der Waals surface area contributed by atoms with Crippen LogP contribution in [-0.4, -0.2) is 30.5 Å². The van der Waals surface area contributed by atoms with Crippen molar-refractivity contribution in [1.29, 1.82) is 0 Å². The van der Waals surface area contributed by atoms with Crippen LogP contribution in [0.4, 0.5) is 0 Å². The third kappa shape index (κ3) is 2.90. The number of nitrogens with one attached hydrogen (secondary N) is 2. The number of aryl methyl sites for hydroxylation is 1. The molecule has 0 spiro atoms. The van der Waals surface area contributed by atoms with E-state index in [0.717, 1.165) is 16.5 Å². The smallest absolute Gasteiger partial charge is 0.253 e. The second kappa shape index (κ2) is 5.80. The first-order chi connectivity index (χ1) is 9.13. The normalized spacial score (nSPS) is 12.4. The Kier molecular flexibility index (Phi) is 4.12. The van der Waals surface area contributed by atoms with Crippen molar-refractivity contribution in [3.8, 4) is 0 Å². The van der Waals surface area contributed by atoms with Gasteiger partial charge in [-0.3, -0.25) is 9.78 Å². The first-order valence-corrected chi connectivity index (χ1v) is 6.43. The second-order valence-electron chi connectivity index (χ2n) is 4.71. The van der Waals surface area contributed by atoms with Crippen LogP contribution in [0.25, 0.3) is 10.9 Å². The van der Waals surface area contributed by atoms with Crippen molar-refractivity contribution in [2.45, 2.75) is 19.9 Å². The predicted octanol–water partition coefficient (Wildman–Crippen LogP) is 1.88. The van der Waals surface area contributed by atoms with Gasteiger partial charge in [0.05, 0.1) is 11.1 Å². The van der Waals surface area contributed by atoms with Crippen LogP contribution >= 0.6 is 0 Å². The molecule has 2 aromatic rings. The van der Waals surface area contributed by atoms with E-state index in [-0.39, 0.29) is 11.9 Å². The molecule has 19 heavy (non-hydrogen) atoms. The van der Waals surface area contributed by atoms with Crippen LogP contribution in [0.15, 0.2) is 30.5 Å². The minimum Gasteiger partial charge on any atom is -0.350 e. The number of nitrogens with zero attached hydrogens (tertiary/aromatic N) is 1. The van der Waals surface area contributed by atoms with E-state index in [1.165, 1.54) is 0 Å². The van der Waals surface area contributed by atoms with Gasteiger partial charge >= 0.3 is 0 Å². The molecule has 0 aliphatic carbocycles. The largest absolute Gasteiger partial charge is 0.350 e. The molecule has 0 saturated heterocycles. The summed E-state index contributed by atoms with van der Waals surface area (Å²) >= 11 is 0. The van der Waals surface area contributed by atoms with Gasteiger partial charge in [-0.05, 0) is 32.5 Å². The van der Waals surface area contributed by atoms with Crippen LogP contribution in [-0.2, 0) is 0 Å². The zero-order valence-corrected chi connectivity index (χ0v) is 11.5. The average Bonchev–Trinajstić information content (AvgIpc) is 2.45. The van der Waals surface area contributed by atoms with Gasteiger partial charge in [-0.2, -0.15) is 0 Å². The quantitative estimate of drug-likeness (QED) is 0.879. The highest BCUT2D eigenvalue weighted by atomic mass is 16.1. The van der Waals surface area contributed by atoms with Gasteiger partial charge in [0.25, 0.3) is 5.91 Å². The molecule has 4 nitrogen and oxygen atoms in total. The Hall–Kier alpha value is -1.94. The second-order valence-corrected chi connectivity index (χ2v) is 4.71. The molecule has 1 atom stereocenters. The number of carbonyl (C=O) groups excluding carboxylic acids is 1. The van der Waals surface area contributed by atoms with Gasteiger partial charge in [-0.1, -0.05) is 18.2 Å². The van der Waals surface area contributed by atoms with Gasteiger partial charge in [0, 0.05) is 24.2 Å². The number of aromatic nitrogens is 1. The molecule has 1 aromatic heterocycles. The monoisotopic (exact) mass is 257 g/mol. The lowest BCUT2D eigenvalue weighted by molar-refractivity contribution is 0.0950. The molecule has 1 heterocycles. The summed E-state index contributed by atoms with van der Waals surface area (Å²) in [6.45, 7) is 4.58. The number of pyridine rings is 1. The van der Waals surface area contributed by atoms with E-state index < -0.39 is 0 Å². The molecule has 100 valence electrons. The number of benzene rings is 1. The average molecular weight is 257 g/mol. The number of carbonyl (C=O) groups is 1. The van der Waals surface area contributed by atoms with Crippen LogP contribution in [0.2, 0.25) is 0 Å². The fraction of sp³-hybridized carbons (Fsp3) is 0.333. The lowest BCUT2D eigenvalue weighted by Gasteiger charge is -2.13. The number of amides is 1. The molecule has 1 aromatic carbocycles. The maximum Gasteiger partial charge on any atom is 0.253 e. The van der Waals surface area contributed by atoms with Crippen LogP contribution in [0.3, 0.4) is 0 Å². The Morgan fingerprint density at radius 1 is 1.37 bits per heavy atom. The van der Waals surface area contributed by atoms with E-state index in [0.29, 0.717) is 12.1 Å². The maximum absolute atomic E-state index is 12.2. The van der Waals surface area contributed by atoms with E-state index in [1.54, 1.807) is 6.20 Å². The Labute approximate surface area is 113 Å². The van der Waals surface area contributed by atoms with Crippen molar-refractivity contribution in [3.05, 3.63) is 41.6 Å². The Balaban J connectivity index is 2.25. The molecule has 0 radical (unpaired) electrons. The van der Waals surface area contributed by atoms with Gasteiger partial charge in [0.2, 0.25) is 0 Å². The van der Waals surface area contributed by atoms with Crippen molar-refractivity contribution in [2.75, 3.05) is 13.6 Å². The summed E-state index contributed by atoms with van der Waals surface area (Å²) in [5, 5.41) is 7.02. The van der Waals surface area contributed by atoms with E-state index in [2.05, 4.69) is 15.6 Å². The molecule has 2 rings (SSSR count). The Morgan fingerprint density at radius 2 is 2.11 bits per heavy atom. The van der Waals surface area contributed by atoms with E-state index >= 15 is 0 Å². The van der Waals surface area contributed by atoms with Crippen LogP contribution < -0.4 is 10.6 Å². The minimum absolute atomic E-state index is 0.0714. The third-order valence-corrected chi connectivity index (χ3v) is 3.35. The lowest BCUT2D eigenvalue weighted by Crippen LogP contribution is -2.37. The van der Waals surface area contributed by atoms with E-state index in [4.69, 9.17) is 0 Å². The van der Waals surface area contributed by atoms with Gasteiger partial charge in [-0.25, -0.2) is 0 Å². The summed E-state index contributed by atoms with van der Waals surface area (Å²) in [5.74, 6) is -0.0714. The minimum atomic E-state index is -0.0714. The molecular formula is C15H19N3O. The molecule has 0 fully saturated rings. The topological polar surface area (TPSA) is 54.0 Å². The van der Waals surface area contributed by atoms with Crippen LogP contribution in [0, 0.1) is 6.92 Å². The molecule has 4 heteroatoms. The van der Waals surface area contributed by atoms with Crippen molar-refractivity contribution < 1.29 is 4.79 Å².